The van der Waals surface area contributed by atoms with Crippen LogP contribution in [0.4, 0.5) is 0 Å². The Bertz CT molecular complexity index is 914. The molecule has 0 aliphatic heterocycles. The van der Waals surface area contributed by atoms with Gasteiger partial charge in [-0.2, -0.15) is 0 Å². The summed E-state index contributed by atoms with van der Waals surface area (Å²) in [7, 11) is 1.36. The van der Waals surface area contributed by atoms with Gasteiger partial charge in [-0.3, -0.25) is 4.57 Å². The van der Waals surface area contributed by atoms with Crippen LogP contribution in [-0.2, 0) is 10.5 Å². The second-order valence-corrected chi connectivity index (χ2v) is 6.56. The zero-order valence-electron chi connectivity index (χ0n) is 14.6. The number of hydrogen-bond donors (Lipinski definition) is 0. The molecule has 130 valence electrons. The number of furan rings is 1. The minimum atomic E-state index is -0.392. The minimum absolute atomic E-state index is 0.392. The number of rotatable bonds is 5. The smallest absolute Gasteiger partial charge is 0.341 e. The normalized spacial score (nSPS) is 10.9. The molecule has 0 N–H and O–H groups in total. The summed E-state index contributed by atoms with van der Waals surface area (Å²) in [6.07, 6.45) is 0. The van der Waals surface area contributed by atoms with Crippen LogP contribution < -0.4 is 0 Å². The summed E-state index contributed by atoms with van der Waals surface area (Å²) < 4.78 is 12.4. The molecule has 3 rings (SSSR count). The predicted octanol–water partition coefficient (Wildman–Crippen LogP) is 3.86. The molecule has 2 aromatic heterocycles. The summed E-state index contributed by atoms with van der Waals surface area (Å²) in [5.41, 5.74) is 2.65. The summed E-state index contributed by atoms with van der Waals surface area (Å²) in [5, 5.41) is 9.25. The lowest BCUT2D eigenvalue weighted by Crippen LogP contribution is -2.01. The SMILES string of the molecule is COC(=O)c1cc(CSc2nnc(C)n2-c2ccccc2C)oc1C. The molecule has 6 nitrogen and oxygen atoms in total. The number of carbonyl (C=O) groups excluding carboxylic acids is 1. The Labute approximate surface area is 150 Å². The van der Waals surface area contributed by atoms with E-state index in [-0.39, 0.29) is 0 Å². The zero-order chi connectivity index (χ0) is 18.0. The van der Waals surface area contributed by atoms with Crippen LogP contribution in [0.2, 0.25) is 0 Å². The van der Waals surface area contributed by atoms with E-state index < -0.39 is 5.97 Å². The second-order valence-electron chi connectivity index (χ2n) is 5.61. The molecular formula is C18H19N3O3S. The van der Waals surface area contributed by atoms with Crippen LogP contribution in [0, 0.1) is 20.8 Å². The number of benzene rings is 1. The fourth-order valence-corrected chi connectivity index (χ4v) is 3.46. The maximum atomic E-state index is 11.7. The van der Waals surface area contributed by atoms with Crippen molar-refractivity contribution in [2.45, 2.75) is 31.7 Å². The van der Waals surface area contributed by atoms with E-state index in [9.17, 15) is 4.79 Å². The molecule has 0 saturated carbocycles. The van der Waals surface area contributed by atoms with Gasteiger partial charge in [0.2, 0.25) is 0 Å². The van der Waals surface area contributed by atoms with Gasteiger partial charge in [-0.1, -0.05) is 30.0 Å². The molecule has 2 heterocycles. The number of nitrogens with zero attached hydrogens (tertiary/aromatic N) is 3. The van der Waals surface area contributed by atoms with Crippen molar-refractivity contribution < 1.29 is 13.9 Å². The molecule has 0 bridgehead atoms. The van der Waals surface area contributed by atoms with Crippen LogP contribution in [-0.4, -0.2) is 27.8 Å². The van der Waals surface area contributed by atoms with Crippen molar-refractivity contribution in [3.63, 3.8) is 0 Å². The monoisotopic (exact) mass is 357 g/mol. The standard InChI is InChI=1S/C18H19N3O3S/c1-11-7-5-6-8-16(11)21-13(3)19-20-18(21)25-10-14-9-15(12(2)24-14)17(22)23-4/h5-9H,10H2,1-4H3. The Hall–Kier alpha value is -2.54. The third-order valence-corrected chi connectivity index (χ3v) is 4.82. The van der Waals surface area contributed by atoms with Gasteiger partial charge in [0.25, 0.3) is 0 Å². The summed E-state index contributed by atoms with van der Waals surface area (Å²) in [4.78, 5) is 11.7. The van der Waals surface area contributed by atoms with Crippen LogP contribution in [0.1, 0.15) is 33.3 Å². The van der Waals surface area contributed by atoms with Gasteiger partial charge in [0.15, 0.2) is 5.16 Å². The molecule has 0 radical (unpaired) electrons. The average Bonchev–Trinajstić information content (AvgIpc) is 3.15. The van der Waals surface area contributed by atoms with Gasteiger partial charge in [-0.05, 0) is 38.5 Å². The van der Waals surface area contributed by atoms with Gasteiger partial charge in [-0.15, -0.1) is 10.2 Å². The molecule has 0 spiro atoms. The Morgan fingerprint density at radius 1 is 1.24 bits per heavy atom. The van der Waals surface area contributed by atoms with Crippen LogP contribution in [0.5, 0.6) is 0 Å². The number of thioether (sulfide) groups is 1. The molecule has 0 atom stereocenters. The van der Waals surface area contributed by atoms with Crippen molar-refractivity contribution in [3.05, 3.63) is 58.8 Å². The lowest BCUT2D eigenvalue weighted by molar-refractivity contribution is 0.0599. The third kappa shape index (κ3) is 3.46. The first-order valence-electron chi connectivity index (χ1n) is 7.79. The number of hydrogen-bond acceptors (Lipinski definition) is 6. The van der Waals surface area contributed by atoms with Gasteiger partial charge in [0.1, 0.15) is 22.9 Å². The predicted molar refractivity (Wildman–Crippen MR) is 95.2 cm³/mol. The highest BCUT2D eigenvalue weighted by molar-refractivity contribution is 7.98. The summed E-state index contributed by atoms with van der Waals surface area (Å²) in [5.74, 6) is 2.22. The topological polar surface area (TPSA) is 70.2 Å². The largest absolute Gasteiger partial charge is 0.465 e. The van der Waals surface area contributed by atoms with Gasteiger partial charge in [0.05, 0.1) is 18.6 Å². The summed E-state index contributed by atoms with van der Waals surface area (Å²) in [6.45, 7) is 5.73. The average molecular weight is 357 g/mol. The maximum Gasteiger partial charge on any atom is 0.341 e. The van der Waals surface area contributed by atoms with Crippen molar-refractivity contribution in [2.75, 3.05) is 7.11 Å². The fraction of sp³-hybridized carbons (Fsp3) is 0.278. The third-order valence-electron chi connectivity index (χ3n) is 3.87. The highest BCUT2D eigenvalue weighted by Crippen LogP contribution is 2.28. The van der Waals surface area contributed by atoms with E-state index in [0.717, 1.165) is 22.2 Å². The summed E-state index contributed by atoms with van der Waals surface area (Å²) >= 11 is 1.51. The van der Waals surface area contributed by atoms with Crippen molar-refractivity contribution >= 4 is 17.7 Å². The lowest BCUT2D eigenvalue weighted by Gasteiger charge is -2.10. The van der Waals surface area contributed by atoms with Gasteiger partial charge in [0, 0.05) is 0 Å². The molecule has 0 aliphatic carbocycles. The number of aryl methyl sites for hydroxylation is 3. The number of ether oxygens (including phenoxy) is 1. The number of aromatic nitrogens is 3. The Balaban J connectivity index is 1.84. The molecule has 0 fully saturated rings. The van der Waals surface area contributed by atoms with Crippen LogP contribution in [0.3, 0.4) is 0 Å². The van der Waals surface area contributed by atoms with Crippen molar-refractivity contribution in [2.24, 2.45) is 0 Å². The maximum absolute atomic E-state index is 11.7. The van der Waals surface area contributed by atoms with Crippen molar-refractivity contribution in [1.29, 1.82) is 0 Å². The zero-order valence-corrected chi connectivity index (χ0v) is 15.4. The van der Waals surface area contributed by atoms with Crippen LogP contribution in [0.25, 0.3) is 5.69 Å². The first-order valence-corrected chi connectivity index (χ1v) is 8.78. The van der Waals surface area contributed by atoms with Crippen molar-refractivity contribution in [1.82, 2.24) is 14.8 Å². The second kappa shape index (κ2) is 7.14. The number of esters is 1. The molecular weight excluding hydrogens is 338 g/mol. The highest BCUT2D eigenvalue weighted by Gasteiger charge is 2.17. The molecule has 0 aliphatic rings. The molecule has 7 heteroatoms. The molecule has 0 saturated heterocycles. The molecule has 1 aromatic carbocycles. The van der Waals surface area contributed by atoms with E-state index in [4.69, 9.17) is 9.15 Å². The van der Waals surface area contributed by atoms with Crippen LogP contribution >= 0.6 is 11.8 Å². The number of carbonyl (C=O) groups is 1. The summed E-state index contributed by atoms with van der Waals surface area (Å²) in [6, 6.07) is 9.82. The fourth-order valence-electron chi connectivity index (χ4n) is 2.59. The van der Waals surface area contributed by atoms with Gasteiger partial charge in [-0.25, -0.2) is 4.79 Å². The first kappa shape index (κ1) is 17.3. The molecule has 3 aromatic rings. The van der Waals surface area contributed by atoms with E-state index in [1.165, 1.54) is 18.9 Å². The van der Waals surface area contributed by atoms with E-state index in [2.05, 4.69) is 23.2 Å². The Morgan fingerprint density at radius 3 is 2.72 bits per heavy atom. The first-order chi connectivity index (χ1) is 12.0. The van der Waals surface area contributed by atoms with E-state index >= 15 is 0 Å². The molecule has 25 heavy (non-hydrogen) atoms. The van der Waals surface area contributed by atoms with E-state index in [1.807, 2.05) is 29.7 Å². The van der Waals surface area contributed by atoms with Gasteiger partial charge < -0.3 is 9.15 Å². The van der Waals surface area contributed by atoms with Crippen molar-refractivity contribution in [3.8, 4) is 5.69 Å². The van der Waals surface area contributed by atoms with Gasteiger partial charge >= 0.3 is 5.97 Å². The molecule has 0 unspecified atom stereocenters. The number of para-hydroxylation sites is 1. The lowest BCUT2D eigenvalue weighted by atomic mass is 10.2. The van der Waals surface area contributed by atoms with E-state index in [1.54, 1.807) is 13.0 Å². The Morgan fingerprint density at radius 2 is 2.00 bits per heavy atom. The highest BCUT2D eigenvalue weighted by atomic mass is 32.2. The Kier molecular flexibility index (Phi) is 4.94. The quantitative estimate of drug-likeness (QED) is 0.510. The minimum Gasteiger partial charge on any atom is -0.465 e. The molecule has 0 amide bonds. The van der Waals surface area contributed by atoms with Crippen LogP contribution in [0.15, 0.2) is 39.9 Å². The number of methoxy groups -OCH3 is 1. The van der Waals surface area contributed by atoms with E-state index in [0.29, 0.717) is 22.8 Å².